The molecular formula is C13H28N2. The van der Waals surface area contributed by atoms with Crippen molar-refractivity contribution in [2.75, 3.05) is 13.1 Å². The van der Waals surface area contributed by atoms with Gasteiger partial charge in [0.2, 0.25) is 0 Å². The summed E-state index contributed by atoms with van der Waals surface area (Å²) < 4.78 is 0. The summed E-state index contributed by atoms with van der Waals surface area (Å²) in [6.07, 6.45) is 5.37. The van der Waals surface area contributed by atoms with Gasteiger partial charge in [0.05, 0.1) is 0 Å². The highest BCUT2D eigenvalue weighted by molar-refractivity contribution is 4.87. The number of nitrogens with zero attached hydrogens (tertiary/aromatic N) is 1. The maximum Gasteiger partial charge on any atom is 0.00991 e. The van der Waals surface area contributed by atoms with Crippen LogP contribution in [0, 0.1) is 0 Å². The summed E-state index contributed by atoms with van der Waals surface area (Å²) in [5, 5.41) is 3.57. The van der Waals surface area contributed by atoms with Crippen molar-refractivity contribution < 1.29 is 0 Å². The summed E-state index contributed by atoms with van der Waals surface area (Å²) in [4.78, 5) is 2.67. The first-order valence-corrected chi connectivity index (χ1v) is 6.68. The SMILES string of the molecule is CCCNC(C)CC(C)N(CC)C1CC1. The molecule has 0 aromatic heterocycles. The van der Waals surface area contributed by atoms with Crippen LogP contribution in [0.15, 0.2) is 0 Å². The summed E-state index contributed by atoms with van der Waals surface area (Å²) >= 11 is 0. The molecule has 0 saturated heterocycles. The Morgan fingerprint density at radius 1 is 1.27 bits per heavy atom. The van der Waals surface area contributed by atoms with Crippen LogP contribution >= 0.6 is 0 Å². The largest absolute Gasteiger partial charge is 0.314 e. The van der Waals surface area contributed by atoms with Gasteiger partial charge in [-0.15, -0.1) is 0 Å². The zero-order chi connectivity index (χ0) is 11.3. The molecule has 90 valence electrons. The lowest BCUT2D eigenvalue weighted by Crippen LogP contribution is -2.40. The van der Waals surface area contributed by atoms with Crippen LogP contribution < -0.4 is 5.32 Å². The van der Waals surface area contributed by atoms with E-state index in [0.717, 1.165) is 18.6 Å². The van der Waals surface area contributed by atoms with E-state index < -0.39 is 0 Å². The number of hydrogen-bond acceptors (Lipinski definition) is 2. The second-order valence-corrected chi connectivity index (χ2v) is 5.00. The minimum Gasteiger partial charge on any atom is -0.314 e. The fourth-order valence-corrected chi connectivity index (χ4v) is 2.46. The van der Waals surface area contributed by atoms with Crippen molar-refractivity contribution in [1.82, 2.24) is 10.2 Å². The lowest BCUT2D eigenvalue weighted by molar-refractivity contribution is 0.188. The maximum atomic E-state index is 3.57. The molecule has 2 nitrogen and oxygen atoms in total. The average Bonchev–Trinajstić information content (AvgIpc) is 3.00. The van der Waals surface area contributed by atoms with Crippen LogP contribution in [0.4, 0.5) is 0 Å². The maximum absolute atomic E-state index is 3.57. The molecule has 2 atom stereocenters. The summed E-state index contributed by atoms with van der Waals surface area (Å²) in [6.45, 7) is 11.6. The summed E-state index contributed by atoms with van der Waals surface area (Å²) in [7, 11) is 0. The predicted octanol–water partition coefficient (Wildman–Crippen LogP) is 2.64. The van der Waals surface area contributed by atoms with E-state index in [1.54, 1.807) is 0 Å². The Balaban J connectivity index is 2.22. The molecule has 0 radical (unpaired) electrons. The van der Waals surface area contributed by atoms with Crippen LogP contribution in [0.25, 0.3) is 0 Å². The fourth-order valence-electron chi connectivity index (χ4n) is 2.46. The van der Waals surface area contributed by atoms with Crippen molar-refractivity contribution in [2.24, 2.45) is 0 Å². The Labute approximate surface area is 95.4 Å². The van der Waals surface area contributed by atoms with Gasteiger partial charge in [-0.05, 0) is 52.6 Å². The third-order valence-electron chi connectivity index (χ3n) is 3.38. The molecule has 2 heteroatoms. The monoisotopic (exact) mass is 212 g/mol. The molecule has 0 aliphatic heterocycles. The summed E-state index contributed by atoms with van der Waals surface area (Å²) in [6, 6.07) is 2.30. The van der Waals surface area contributed by atoms with E-state index in [2.05, 4.69) is 37.9 Å². The highest BCUT2D eigenvalue weighted by atomic mass is 15.2. The second-order valence-electron chi connectivity index (χ2n) is 5.00. The van der Waals surface area contributed by atoms with E-state index in [9.17, 15) is 0 Å². The van der Waals surface area contributed by atoms with Gasteiger partial charge in [-0.1, -0.05) is 13.8 Å². The quantitative estimate of drug-likeness (QED) is 0.665. The molecule has 0 aromatic carbocycles. The van der Waals surface area contributed by atoms with E-state index in [1.807, 2.05) is 0 Å². The van der Waals surface area contributed by atoms with Gasteiger partial charge in [0.25, 0.3) is 0 Å². The van der Waals surface area contributed by atoms with E-state index in [-0.39, 0.29) is 0 Å². The zero-order valence-electron chi connectivity index (χ0n) is 10.9. The smallest absolute Gasteiger partial charge is 0.00991 e. The third-order valence-corrected chi connectivity index (χ3v) is 3.38. The molecule has 0 bridgehead atoms. The van der Waals surface area contributed by atoms with E-state index in [4.69, 9.17) is 0 Å². The van der Waals surface area contributed by atoms with Gasteiger partial charge in [-0.3, -0.25) is 4.90 Å². The van der Waals surface area contributed by atoms with E-state index in [0.29, 0.717) is 6.04 Å². The van der Waals surface area contributed by atoms with Gasteiger partial charge in [-0.2, -0.15) is 0 Å². The van der Waals surface area contributed by atoms with Crippen LogP contribution in [0.3, 0.4) is 0 Å². The van der Waals surface area contributed by atoms with Gasteiger partial charge in [0.1, 0.15) is 0 Å². The van der Waals surface area contributed by atoms with Crippen molar-refractivity contribution >= 4 is 0 Å². The molecule has 1 aliphatic rings. The Bertz CT molecular complexity index is 166. The molecule has 1 saturated carbocycles. The molecular weight excluding hydrogens is 184 g/mol. The first-order chi connectivity index (χ1) is 7.19. The summed E-state index contributed by atoms with van der Waals surface area (Å²) in [5.74, 6) is 0. The number of nitrogens with one attached hydrogen (secondary N) is 1. The molecule has 15 heavy (non-hydrogen) atoms. The molecule has 0 aromatic rings. The molecule has 2 unspecified atom stereocenters. The van der Waals surface area contributed by atoms with Crippen molar-refractivity contribution in [3.8, 4) is 0 Å². The molecule has 1 rings (SSSR count). The van der Waals surface area contributed by atoms with Crippen LogP contribution in [-0.4, -0.2) is 36.1 Å². The van der Waals surface area contributed by atoms with Crippen LogP contribution in [-0.2, 0) is 0 Å². The minimum absolute atomic E-state index is 0.660. The topological polar surface area (TPSA) is 15.3 Å². The van der Waals surface area contributed by atoms with Gasteiger partial charge in [0, 0.05) is 18.1 Å². The molecule has 0 amide bonds. The van der Waals surface area contributed by atoms with Crippen LogP contribution in [0.1, 0.15) is 53.4 Å². The van der Waals surface area contributed by atoms with Crippen molar-refractivity contribution in [3.05, 3.63) is 0 Å². The van der Waals surface area contributed by atoms with Gasteiger partial charge in [-0.25, -0.2) is 0 Å². The van der Waals surface area contributed by atoms with Crippen LogP contribution in [0.5, 0.6) is 0 Å². The van der Waals surface area contributed by atoms with Crippen molar-refractivity contribution in [3.63, 3.8) is 0 Å². The molecule has 1 N–H and O–H groups in total. The Hall–Kier alpha value is -0.0800. The van der Waals surface area contributed by atoms with E-state index in [1.165, 1.54) is 32.2 Å². The van der Waals surface area contributed by atoms with Crippen molar-refractivity contribution in [2.45, 2.75) is 71.5 Å². The lowest BCUT2D eigenvalue weighted by Gasteiger charge is -2.30. The molecule has 0 spiro atoms. The molecule has 1 fully saturated rings. The number of rotatable bonds is 8. The first kappa shape index (κ1) is 13.0. The van der Waals surface area contributed by atoms with E-state index >= 15 is 0 Å². The predicted molar refractivity (Wildman–Crippen MR) is 67.2 cm³/mol. The first-order valence-electron chi connectivity index (χ1n) is 6.68. The molecule has 1 aliphatic carbocycles. The highest BCUT2D eigenvalue weighted by Crippen LogP contribution is 2.29. The normalized spacial score (nSPS) is 20.6. The lowest BCUT2D eigenvalue weighted by atomic mass is 10.1. The van der Waals surface area contributed by atoms with Gasteiger partial charge < -0.3 is 5.32 Å². The standard InChI is InChI=1S/C13H28N2/c1-5-9-14-11(3)10-12(4)15(6-2)13-7-8-13/h11-14H,5-10H2,1-4H3. The molecule has 0 heterocycles. The number of hydrogen-bond donors (Lipinski definition) is 1. The third kappa shape index (κ3) is 4.52. The van der Waals surface area contributed by atoms with Crippen molar-refractivity contribution in [1.29, 1.82) is 0 Å². The Morgan fingerprint density at radius 3 is 2.40 bits per heavy atom. The van der Waals surface area contributed by atoms with Gasteiger partial charge >= 0.3 is 0 Å². The minimum atomic E-state index is 0.660. The second kappa shape index (κ2) is 6.49. The highest BCUT2D eigenvalue weighted by Gasteiger charge is 2.31. The zero-order valence-corrected chi connectivity index (χ0v) is 10.9. The summed E-state index contributed by atoms with van der Waals surface area (Å²) in [5.41, 5.74) is 0. The Kier molecular flexibility index (Phi) is 5.62. The fraction of sp³-hybridized carbons (Fsp3) is 1.00. The Morgan fingerprint density at radius 2 is 1.93 bits per heavy atom. The average molecular weight is 212 g/mol. The van der Waals surface area contributed by atoms with Crippen LogP contribution in [0.2, 0.25) is 0 Å². The van der Waals surface area contributed by atoms with Gasteiger partial charge in [0.15, 0.2) is 0 Å².